The summed E-state index contributed by atoms with van der Waals surface area (Å²) in [4.78, 5) is 0. The Balaban J connectivity index is 2.11. The van der Waals surface area contributed by atoms with Gasteiger partial charge in [-0.05, 0) is 46.5 Å². The molecule has 1 aromatic rings. The normalized spacial score (nSPS) is 19.8. The molecule has 1 aliphatic carbocycles. The van der Waals surface area contributed by atoms with E-state index < -0.39 is 6.10 Å². The van der Waals surface area contributed by atoms with Crippen molar-refractivity contribution in [1.82, 2.24) is 0 Å². The van der Waals surface area contributed by atoms with Gasteiger partial charge in [-0.1, -0.05) is 31.7 Å². The molecule has 118 valence electrons. The van der Waals surface area contributed by atoms with E-state index in [1.807, 2.05) is 18.2 Å². The third-order valence-corrected chi connectivity index (χ3v) is 5.23. The predicted molar refractivity (Wildman–Crippen MR) is 87.8 cm³/mol. The number of aliphatic hydroxyl groups is 1. The average molecular weight is 357 g/mol. The van der Waals surface area contributed by atoms with Gasteiger partial charge in [-0.2, -0.15) is 0 Å². The lowest BCUT2D eigenvalue weighted by molar-refractivity contribution is -0.111. The second kappa shape index (κ2) is 7.61. The molecule has 0 aromatic heterocycles. The van der Waals surface area contributed by atoms with E-state index in [1.54, 1.807) is 14.2 Å². The van der Waals surface area contributed by atoms with Crippen molar-refractivity contribution in [3.05, 3.63) is 28.2 Å². The summed E-state index contributed by atoms with van der Waals surface area (Å²) < 4.78 is 11.9. The number of aliphatic hydroxyl groups excluding tert-OH is 1. The number of halogens is 1. The number of methoxy groups -OCH3 is 2. The van der Waals surface area contributed by atoms with Crippen LogP contribution in [0.25, 0.3) is 0 Å². The summed E-state index contributed by atoms with van der Waals surface area (Å²) in [5.41, 5.74) is 0.707. The second-order valence-corrected chi connectivity index (χ2v) is 6.73. The Morgan fingerprint density at radius 2 is 1.86 bits per heavy atom. The fourth-order valence-electron chi connectivity index (χ4n) is 3.25. The molecule has 0 radical (unpaired) electrons. The van der Waals surface area contributed by atoms with Crippen molar-refractivity contribution < 1.29 is 14.6 Å². The molecule has 0 spiro atoms. The van der Waals surface area contributed by atoms with Gasteiger partial charge in [-0.25, -0.2) is 0 Å². The predicted octanol–water partition coefficient (Wildman–Crippen LogP) is 4.10. The first-order valence-electron chi connectivity index (χ1n) is 7.67. The largest absolute Gasteiger partial charge is 0.496 e. The highest BCUT2D eigenvalue weighted by molar-refractivity contribution is 9.10. The smallest absolute Gasteiger partial charge is 0.133 e. The van der Waals surface area contributed by atoms with E-state index in [4.69, 9.17) is 9.47 Å². The number of hydrogen-bond donors (Lipinski definition) is 1. The molecule has 1 aromatic carbocycles. The zero-order valence-electron chi connectivity index (χ0n) is 12.9. The van der Waals surface area contributed by atoms with E-state index in [0.29, 0.717) is 6.42 Å². The van der Waals surface area contributed by atoms with Crippen molar-refractivity contribution in [2.45, 2.75) is 56.7 Å². The van der Waals surface area contributed by atoms with Crippen LogP contribution in [0.1, 0.15) is 44.1 Å². The van der Waals surface area contributed by atoms with E-state index in [1.165, 1.54) is 12.8 Å². The molecule has 0 saturated heterocycles. The quantitative estimate of drug-likeness (QED) is 0.807. The molecule has 1 atom stereocenters. The summed E-state index contributed by atoms with van der Waals surface area (Å²) in [6.07, 6.45) is 6.79. The Labute approximate surface area is 135 Å². The molecule has 1 unspecified atom stereocenters. The number of rotatable bonds is 5. The first kappa shape index (κ1) is 16.8. The van der Waals surface area contributed by atoms with Crippen LogP contribution in [0, 0.1) is 0 Å². The summed E-state index contributed by atoms with van der Waals surface area (Å²) in [5.74, 6) is 0.809. The lowest BCUT2D eigenvalue weighted by Gasteiger charge is -2.36. The number of ether oxygens (including phenoxy) is 2. The van der Waals surface area contributed by atoms with E-state index >= 15 is 0 Å². The molecule has 2 rings (SSSR count). The molecule has 1 aliphatic rings. The molecule has 3 nitrogen and oxygen atoms in total. The molecule has 4 heteroatoms. The minimum absolute atomic E-state index is 0.386. The zero-order chi connectivity index (χ0) is 15.3. The van der Waals surface area contributed by atoms with Crippen LogP contribution < -0.4 is 4.74 Å². The van der Waals surface area contributed by atoms with Crippen molar-refractivity contribution in [2.75, 3.05) is 14.2 Å². The molecule has 21 heavy (non-hydrogen) atoms. The fourth-order valence-corrected chi connectivity index (χ4v) is 3.83. The Morgan fingerprint density at radius 3 is 2.38 bits per heavy atom. The van der Waals surface area contributed by atoms with Crippen molar-refractivity contribution in [2.24, 2.45) is 0 Å². The van der Waals surface area contributed by atoms with Gasteiger partial charge < -0.3 is 14.6 Å². The summed E-state index contributed by atoms with van der Waals surface area (Å²) in [5, 5.41) is 10.7. The molecule has 1 fully saturated rings. The molecule has 1 saturated carbocycles. The topological polar surface area (TPSA) is 38.7 Å². The van der Waals surface area contributed by atoms with Gasteiger partial charge in [0.2, 0.25) is 0 Å². The maximum Gasteiger partial charge on any atom is 0.133 e. The summed E-state index contributed by atoms with van der Waals surface area (Å²) in [6, 6.07) is 5.95. The van der Waals surface area contributed by atoms with Gasteiger partial charge in [0, 0.05) is 13.5 Å². The highest BCUT2D eigenvalue weighted by Gasteiger charge is 2.38. The lowest BCUT2D eigenvalue weighted by Crippen LogP contribution is -2.45. The van der Waals surface area contributed by atoms with Crippen LogP contribution in [0.4, 0.5) is 0 Å². The number of benzene rings is 1. The third kappa shape index (κ3) is 3.99. The van der Waals surface area contributed by atoms with Crippen molar-refractivity contribution >= 4 is 15.9 Å². The first-order valence-corrected chi connectivity index (χ1v) is 8.46. The minimum atomic E-state index is -0.471. The highest BCUT2D eigenvalue weighted by atomic mass is 79.9. The summed E-state index contributed by atoms with van der Waals surface area (Å²) >= 11 is 3.50. The minimum Gasteiger partial charge on any atom is -0.496 e. The number of hydrogen-bond acceptors (Lipinski definition) is 3. The van der Waals surface area contributed by atoms with Crippen LogP contribution >= 0.6 is 15.9 Å². The van der Waals surface area contributed by atoms with Crippen LogP contribution in [0.3, 0.4) is 0 Å². The monoisotopic (exact) mass is 356 g/mol. The lowest BCUT2D eigenvalue weighted by atomic mass is 9.85. The second-order valence-electron chi connectivity index (χ2n) is 5.87. The van der Waals surface area contributed by atoms with Gasteiger partial charge in [-0.15, -0.1) is 0 Å². The van der Waals surface area contributed by atoms with Crippen LogP contribution in [-0.2, 0) is 11.2 Å². The fraction of sp³-hybridized carbons (Fsp3) is 0.647. The van der Waals surface area contributed by atoms with E-state index in [2.05, 4.69) is 15.9 Å². The van der Waals surface area contributed by atoms with Gasteiger partial charge in [0.1, 0.15) is 5.75 Å². The molecular formula is C17H25BrO3. The highest BCUT2D eigenvalue weighted by Crippen LogP contribution is 2.35. The molecule has 1 N–H and O–H groups in total. The zero-order valence-corrected chi connectivity index (χ0v) is 14.5. The Hall–Kier alpha value is -0.580. The van der Waals surface area contributed by atoms with E-state index in [-0.39, 0.29) is 5.60 Å². The van der Waals surface area contributed by atoms with Crippen LogP contribution in [0.2, 0.25) is 0 Å². The molecule has 0 aliphatic heterocycles. The van der Waals surface area contributed by atoms with Crippen molar-refractivity contribution in [1.29, 1.82) is 0 Å². The third-order valence-electron chi connectivity index (χ3n) is 4.61. The van der Waals surface area contributed by atoms with Gasteiger partial charge >= 0.3 is 0 Å². The van der Waals surface area contributed by atoms with Crippen LogP contribution in [-0.4, -0.2) is 31.0 Å². The van der Waals surface area contributed by atoms with Gasteiger partial charge in [0.05, 0.1) is 23.3 Å². The molecule has 0 amide bonds. The molecule has 0 heterocycles. The SMILES string of the molecule is COc1ccc(CC(O)C2(OC)CCCCCC2)cc1Br. The Bertz CT molecular complexity index is 453. The van der Waals surface area contributed by atoms with Crippen molar-refractivity contribution in [3.8, 4) is 5.75 Å². The molecular weight excluding hydrogens is 332 g/mol. The average Bonchev–Trinajstić information content (AvgIpc) is 2.74. The van der Waals surface area contributed by atoms with Crippen LogP contribution in [0.5, 0.6) is 5.75 Å². The molecule has 0 bridgehead atoms. The van der Waals surface area contributed by atoms with E-state index in [0.717, 1.165) is 41.5 Å². The first-order chi connectivity index (χ1) is 10.1. The van der Waals surface area contributed by atoms with Crippen molar-refractivity contribution in [3.63, 3.8) is 0 Å². The summed E-state index contributed by atoms with van der Waals surface area (Å²) in [6.45, 7) is 0. The maximum atomic E-state index is 10.7. The van der Waals surface area contributed by atoms with Gasteiger partial charge in [0.25, 0.3) is 0 Å². The Kier molecular flexibility index (Phi) is 6.08. The van der Waals surface area contributed by atoms with Gasteiger partial charge in [0.15, 0.2) is 0 Å². The standard InChI is InChI=1S/C17H25BrO3/c1-20-15-8-7-13(11-14(15)18)12-16(19)17(21-2)9-5-3-4-6-10-17/h7-8,11,16,19H,3-6,9-10,12H2,1-2H3. The van der Waals surface area contributed by atoms with Gasteiger partial charge in [-0.3, -0.25) is 0 Å². The summed E-state index contributed by atoms with van der Waals surface area (Å²) in [7, 11) is 3.39. The Morgan fingerprint density at radius 1 is 1.19 bits per heavy atom. The van der Waals surface area contributed by atoms with Crippen LogP contribution in [0.15, 0.2) is 22.7 Å². The van der Waals surface area contributed by atoms with E-state index in [9.17, 15) is 5.11 Å². The maximum absolute atomic E-state index is 10.7.